The number of carbonyl (C=O) groups excluding carboxylic acids is 1. The van der Waals surface area contributed by atoms with E-state index in [0.29, 0.717) is 17.0 Å². The molecule has 0 radical (unpaired) electrons. The van der Waals surface area contributed by atoms with Crippen molar-refractivity contribution in [3.8, 4) is 0 Å². The van der Waals surface area contributed by atoms with E-state index in [-0.39, 0.29) is 18.3 Å². The Hall–Kier alpha value is -3.99. The number of hydrogen-bond donors (Lipinski definition) is 1. The van der Waals surface area contributed by atoms with Crippen molar-refractivity contribution in [3.05, 3.63) is 120 Å². The van der Waals surface area contributed by atoms with E-state index in [1.165, 1.54) is 6.07 Å². The lowest BCUT2D eigenvalue weighted by Crippen LogP contribution is -2.14. The number of nitrogens with one attached hydrogen (secondary N) is 1. The molecule has 4 aromatic rings. The van der Waals surface area contributed by atoms with Crippen LogP contribution in [0.5, 0.6) is 0 Å². The monoisotopic (exact) mass is 397 g/mol. The van der Waals surface area contributed by atoms with Crippen LogP contribution in [-0.2, 0) is 11.3 Å². The molecule has 0 bridgehead atoms. The number of aromatic nitrogens is 2. The van der Waals surface area contributed by atoms with E-state index in [9.17, 15) is 9.18 Å². The zero-order chi connectivity index (χ0) is 20.8. The number of anilines is 1. The summed E-state index contributed by atoms with van der Waals surface area (Å²) in [6.07, 6.45) is 3.56. The molecule has 0 aliphatic rings. The van der Waals surface area contributed by atoms with Gasteiger partial charge in [-0.1, -0.05) is 78.9 Å². The Balaban J connectivity index is 1.55. The van der Waals surface area contributed by atoms with Crippen LogP contribution in [0.1, 0.15) is 16.7 Å². The van der Waals surface area contributed by atoms with Gasteiger partial charge in [0.15, 0.2) is 5.82 Å². The van der Waals surface area contributed by atoms with E-state index in [0.717, 1.165) is 11.1 Å². The highest BCUT2D eigenvalue weighted by Gasteiger charge is 2.14. The number of hydrogen-bond acceptors (Lipinski definition) is 2. The fourth-order valence-corrected chi connectivity index (χ4v) is 3.11. The number of amides is 1. The Morgan fingerprint density at radius 1 is 0.900 bits per heavy atom. The SMILES string of the molecule is O=C(Nc1ccn(Cc2ccccc2F)n1)/C(=C/c1ccccc1)c1ccccc1. The van der Waals surface area contributed by atoms with Crippen molar-refractivity contribution in [2.75, 3.05) is 5.32 Å². The first-order chi connectivity index (χ1) is 14.7. The maximum absolute atomic E-state index is 13.9. The second kappa shape index (κ2) is 9.01. The second-order valence-corrected chi connectivity index (χ2v) is 6.78. The van der Waals surface area contributed by atoms with Gasteiger partial charge in [0.2, 0.25) is 0 Å². The van der Waals surface area contributed by atoms with Crippen LogP contribution in [0.15, 0.2) is 97.2 Å². The molecule has 3 aromatic carbocycles. The average molecular weight is 397 g/mol. The van der Waals surface area contributed by atoms with Crippen molar-refractivity contribution in [3.63, 3.8) is 0 Å². The minimum absolute atomic E-state index is 0.263. The molecule has 4 rings (SSSR count). The molecule has 30 heavy (non-hydrogen) atoms. The normalized spacial score (nSPS) is 11.3. The van der Waals surface area contributed by atoms with Gasteiger partial charge in [-0.05, 0) is 23.3 Å². The van der Waals surface area contributed by atoms with E-state index in [1.54, 1.807) is 35.1 Å². The molecule has 1 N–H and O–H groups in total. The molecule has 0 unspecified atom stereocenters. The molecular formula is C25H20FN3O. The van der Waals surface area contributed by atoms with Crippen molar-refractivity contribution in [2.45, 2.75) is 6.54 Å². The molecule has 0 fully saturated rings. The number of carbonyl (C=O) groups is 1. The first-order valence-corrected chi connectivity index (χ1v) is 9.59. The molecule has 0 saturated carbocycles. The summed E-state index contributed by atoms with van der Waals surface area (Å²) < 4.78 is 15.5. The predicted octanol–water partition coefficient (Wildman–Crippen LogP) is 5.25. The Morgan fingerprint density at radius 2 is 1.57 bits per heavy atom. The summed E-state index contributed by atoms with van der Waals surface area (Å²) in [4.78, 5) is 13.1. The molecule has 0 aliphatic heterocycles. The number of rotatable bonds is 6. The molecule has 148 valence electrons. The van der Waals surface area contributed by atoms with Crippen molar-refractivity contribution >= 4 is 23.4 Å². The minimum atomic E-state index is -0.282. The van der Waals surface area contributed by atoms with E-state index in [1.807, 2.05) is 66.7 Å². The molecule has 5 heteroatoms. The third kappa shape index (κ3) is 4.70. The van der Waals surface area contributed by atoms with Crippen molar-refractivity contribution in [2.24, 2.45) is 0 Å². The zero-order valence-electron chi connectivity index (χ0n) is 16.2. The lowest BCUT2D eigenvalue weighted by molar-refractivity contribution is -0.111. The van der Waals surface area contributed by atoms with E-state index >= 15 is 0 Å². The number of halogens is 1. The van der Waals surface area contributed by atoms with Gasteiger partial charge in [0.05, 0.1) is 6.54 Å². The number of benzene rings is 3. The number of nitrogens with zero attached hydrogens (tertiary/aromatic N) is 2. The third-order valence-corrected chi connectivity index (χ3v) is 4.61. The maximum atomic E-state index is 13.9. The summed E-state index contributed by atoms with van der Waals surface area (Å²) in [6.45, 7) is 0.286. The van der Waals surface area contributed by atoms with Crippen LogP contribution in [0, 0.1) is 5.82 Å². The Bertz CT molecular complexity index is 1170. The fraction of sp³-hybridized carbons (Fsp3) is 0.0400. The summed E-state index contributed by atoms with van der Waals surface area (Å²) >= 11 is 0. The topological polar surface area (TPSA) is 46.9 Å². The Morgan fingerprint density at radius 3 is 2.30 bits per heavy atom. The summed E-state index contributed by atoms with van der Waals surface area (Å²) in [5.41, 5.74) is 2.80. The van der Waals surface area contributed by atoms with Crippen molar-refractivity contribution in [1.82, 2.24) is 9.78 Å². The van der Waals surface area contributed by atoms with Crippen LogP contribution in [0.25, 0.3) is 11.6 Å². The lowest BCUT2D eigenvalue weighted by Gasteiger charge is -2.08. The highest BCUT2D eigenvalue weighted by Crippen LogP contribution is 2.20. The first kappa shape index (κ1) is 19.3. The van der Waals surface area contributed by atoms with E-state index < -0.39 is 0 Å². The standard InChI is InChI=1S/C25H20FN3O/c26-23-14-8-7-13-21(23)18-29-16-15-24(28-29)27-25(30)22(20-11-5-2-6-12-20)17-19-9-3-1-4-10-19/h1-17H,18H2,(H,27,28,30)/b22-17+. The van der Waals surface area contributed by atoms with E-state index in [2.05, 4.69) is 10.4 Å². The Labute approximate surface area is 174 Å². The molecule has 0 saturated heterocycles. The van der Waals surface area contributed by atoms with Gasteiger partial charge in [0.1, 0.15) is 5.82 Å². The lowest BCUT2D eigenvalue weighted by atomic mass is 10.0. The van der Waals surface area contributed by atoms with Crippen molar-refractivity contribution in [1.29, 1.82) is 0 Å². The molecular weight excluding hydrogens is 377 g/mol. The van der Waals surface area contributed by atoms with Crippen LogP contribution in [-0.4, -0.2) is 15.7 Å². The summed E-state index contributed by atoms with van der Waals surface area (Å²) in [5, 5.41) is 7.21. The van der Waals surface area contributed by atoms with E-state index in [4.69, 9.17) is 0 Å². The first-order valence-electron chi connectivity index (χ1n) is 9.59. The molecule has 0 spiro atoms. The molecule has 1 heterocycles. The van der Waals surface area contributed by atoms with Gasteiger partial charge < -0.3 is 5.32 Å². The second-order valence-electron chi connectivity index (χ2n) is 6.78. The summed E-state index contributed by atoms with van der Waals surface area (Å²) in [5.74, 6) is -0.136. The van der Waals surface area contributed by atoms with Crippen LogP contribution in [0.4, 0.5) is 10.2 Å². The minimum Gasteiger partial charge on any atom is -0.305 e. The van der Waals surface area contributed by atoms with Gasteiger partial charge in [-0.3, -0.25) is 9.48 Å². The molecule has 0 atom stereocenters. The van der Waals surface area contributed by atoms with Crippen LogP contribution < -0.4 is 5.32 Å². The van der Waals surface area contributed by atoms with Gasteiger partial charge in [0.25, 0.3) is 5.91 Å². The van der Waals surface area contributed by atoms with Crippen LogP contribution in [0.2, 0.25) is 0 Å². The van der Waals surface area contributed by atoms with Gasteiger partial charge >= 0.3 is 0 Å². The van der Waals surface area contributed by atoms with Gasteiger partial charge in [-0.2, -0.15) is 5.10 Å². The average Bonchev–Trinajstić information content (AvgIpc) is 3.21. The van der Waals surface area contributed by atoms with Crippen LogP contribution >= 0.6 is 0 Å². The smallest absolute Gasteiger partial charge is 0.257 e. The molecule has 1 aromatic heterocycles. The van der Waals surface area contributed by atoms with Gasteiger partial charge in [0, 0.05) is 23.4 Å². The molecule has 0 aliphatic carbocycles. The third-order valence-electron chi connectivity index (χ3n) is 4.61. The summed E-state index contributed by atoms with van der Waals surface area (Å²) in [7, 11) is 0. The maximum Gasteiger partial charge on any atom is 0.257 e. The fourth-order valence-electron chi connectivity index (χ4n) is 3.11. The largest absolute Gasteiger partial charge is 0.305 e. The highest BCUT2D eigenvalue weighted by atomic mass is 19.1. The van der Waals surface area contributed by atoms with Gasteiger partial charge in [-0.25, -0.2) is 4.39 Å². The highest BCUT2D eigenvalue weighted by molar-refractivity contribution is 6.29. The van der Waals surface area contributed by atoms with Crippen molar-refractivity contribution < 1.29 is 9.18 Å². The quantitative estimate of drug-likeness (QED) is 0.357. The van der Waals surface area contributed by atoms with Crippen LogP contribution in [0.3, 0.4) is 0 Å². The zero-order valence-corrected chi connectivity index (χ0v) is 16.2. The molecule has 4 nitrogen and oxygen atoms in total. The molecule has 1 amide bonds. The Kier molecular flexibility index (Phi) is 5.80. The summed E-state index contributed by atoms with van der Waals surface area (Å²) in [6, 6.07) is 27.4. The van der Waals surface area contributed by atoms with Gasteiger partial charge in [-0.15, -0.1) is 0 Å². The predicted molar refractivity (Wildman–Crippen MR) is 117 cm³/mol.